The average Bonchev–Trinajstić information content (AvgIpc) is 2.75. The molecule has 0 amide bonds. The minimum absolute atomic E-state index is 0.301. The van der Waals surface area contributed by atoms with Crippen LogP contribution in [-0.2, 0) is 6.54 Å². The van der Waals surface area contributed by atoms with Crippen LogP contribution in [0.4, 0.5) is 0 Å². The maximum absolute atomic E-state index is 10.8. The summed E-state index contributed by atoms with van der Waals surface area (Å²) in [6.07, 6.45) is 3.86. The van der Waals surface area contributed by atoms with Gasteiger partial charge in [0, 0.05) is 12.7 Å². The summed E-state index contributed by atoms with van der Waals surface area (Å²) in [7, 11) is 0. The quantitative estimate of drug-likeness (QED) is 0.751. The molecule has 1 unspecified atom stereocenters. The monoisotopic (exact) mass is 204 g/mol. The summed E-state index contributed by atoms with van der Waals surface area (Å²) >= 11 is 0. The molecule has 0 spiro atoms. The van der Waals surface area contributed by atoms with E-state index in [-0.39, 0.29) is 0 Å². The second-order valence-electron chi connectivity index (χ2n) is 4.20. The molecule has 15 heavy (non-hydrogen) atoms. The first-order chi connectivity index (χ1) is 7.25. The third-order valence-electron chi connectivity index (χ3n) is 3.30. The fraction of sp³-hybridized carbons (Fsp3) is 0.455. The highest BCUT2D eigenvalue weighted by Gasteiger charge is 2.35. The second-order valence-corrected chi connectivity index (χ2v) is 4.20. The molecule has 4 heteroatoms. The van der Waals surface area contributed by atoms with Gasteiger partial charge in [0.25, 0.3) is 0 Å². The largest absolute Gasteiger partial charge is 0.478 e. The van der Waals surface area contributed by atoms with E-state index in [1.807, 2.05) is 0 Å². The SMILES string of the molecule is O=C(O)c1cnc2c(c1)CN1CCCC21. The first kappa shape index (κ1) is 8.85. The zero-order chi connectivity index (χ0) is 10.4. The summed E-state index contributed by atoms with van der Waals surface area (Å²) in [5, 5.41) is 8.87. The number of pyridine rings is 1. The highest BCUT2D eigenvalue weighted by molar-refractivity contribution is 5.87. The van der Waals surface area contributed by atoms with Gasteiger partial charge in [-0.15, -0.1) is 0 Å². The van der Waals surface area contributed by atoms with Gasteiger partial charge in [-0.05, 0) is 31.0 Å². The lowest BCUT2D eigenvalue weighted by molar-refractivity contribution is 0.0696. The molecule has 3 heterocycles. The van der Waals surface area contributed by atoms with Crippen LogP contribution in [0.25, 0.3) is 0 Å². The number of carboxylic acids is 1. The number of fused-ring (bicyclic) bond motifs is 3. The predicted molar refractivity (Wildman–Crippen MR) is 53.6 cm³/mol. The Morgan fingerprint density at radius 3 is 3.27 bits per heavy atom. The van der Waals surface area contributed by atoms with E-state index in [0.717, 1.165) is 30.8 Å². The van der Waals surface area contributed by atoms with Gasteiger partial charge < -0.3 is 5.11 Å². The molecule has 0 bridgehead atoms. The number of carbonyl (C=O) groups is 1. The number of aromatic nitrogens is 1. The lowest BCUT2D eigenvalue weighted by atomic mass is 10.1. The van der Waals surface area contributed by atoms with E-state index < -0.39 is 5.97 Å². The van der Waals surface area contributed by atoms with E-state index in [1.165, 1.54) is 12.6 Å². The molecule has 0 aromatic carbocycles. The Morgan fingerprint density at radius 1 is 1.60 bits per heavy atom. The van der Waals surface area contributed by atoms with Gasteiger partial charge in [-0.3, -0.25) is 9.88 Å². The highest BCUT2D eigenvalue weighted by Crippen LogP contribution is 2.39. The van der Waals surface area contributed by atoms with Crippen molar-refractivity contribution in [2.45, 2.75) is 25.4 Å². The Bertz CT molecular complexity index is 431. The summed E-state index contributed by atoms with van der Waals surface area (Å²) in [5.74, 6) is -0.891. The van der Waals surface area contributed by atoms with E-state index >= 15 is 0 Å². The fourth-order valence-electron chi connectivity index (χ4n) is 2.61. The summed E-state index contributed by atoms with van der Waals surface area (Å²) in [4.78, 5) is 17.5. The number of rotatable bonds is 1. The van der Waals surface area contributed by atoms with Crippen LogP contribution < -0.4 is 0 Å². The first-order valence-corrected chi connectivity index (χ1v) is 5.22. The Kier molecular flexibility index (Phi) is 1.79. The molecule has 2 aliphatic heterocycles. The Morgan fingerprint density at radius 2 is 2.47 bits per heavy atom. The number of carboxylic acid groups (broad SMARTS) is 1. The third kappa shape index (κ3) is 1.25. The van der Waals surface area contributed by atoms with Crippen molar-refractivity contribution in [2.24, 2.45) is 0 Å². The molecule has 0 radical (unpaired) electrons. The van der Waals surface area contributed by atoms with Crippen molar-refractivity contribution < 1.29 is 9.90 Å². The topological polar surface area (TPSA) is 53.4 Å². The van der Waals surface area contributed by atoms with Gasteiger partial charge in [0.15, 0.2) is 0 Å². The summed E-state index contributed by atoms with van der Waals surface area (Å²) in [6.45, 7) is 1.98. The van der Waals surface area contributed by atoms with Gasteiger partial charge in [-0.1, -0.05) is 0 Å². The maximum Gasteiger partial charge on any atom is 0.337 e. The van der Waals surface area contributed by atoms with Crippen LogP contribution in [0.5, 0.6) is 0 Å². The summed E-state index contributed by atoms with van der Waals surface area (Å²) < 4.78 is 0. The van der Waals surface area contributed by atoms with Crippen molar-refractivity contribution in [3.63, 3.8) is 0 Å². The van der Waals surface area contributed by atoms with Crippen LogP contribution >= 0.6 is 0 Å². The Labute approximate surface area is 87.5 Å². The molecule has 1 saturated heterocycles. The molecule has 1 aromatic rings. The molecule has 2 aliphatic rings. The predicted octanol–water partition coefficient (Wildman–Crippen LogP) is 1.43. The molecule has 0 saturated carbocycles. The van der Waals surface area contributed by atoms with E-state index in [1.54, 1.807) is 6.07 Å². The van der Waals surface area contributed by atoms with E-state index in [9.17, 15) is 4.79 Å². The van der Waals surface area contributed by atoms with Gasteiger partial charge >= 0.3 is 5.97 Å². The smallest absolute Gasteiger partial charge is 0.337 e. The van der Waals surface area contributed by atoms with Gasteiger partial charge in [0.05, 0.1) is 17.3 Å². The van der Waals surface area contributed by atoms with Crippen LogP contribution in [0, 0.1) is 0 Å². The lowest BCUT2D eigenvalue weighted by Crippen LogP contribution is -2.14. The third-order valence-corrected chi connectivity index (χ3v) is 3.30. The molecular weight excluding hydrogens is 192 g/mol. The zero-order valence-corrected chi connectivity index (χ0v) is 8.31. The van der Waals surface area contributed by atoms with Gasteiger partial charge in [-0.25, -0.2) is 4.79 Å². The molecule has 4 nitrogen and oxygen atoms in total. The molecule has 1 fully saturated rings. The minimum atomic E-state index is -0.891. The summed E-state index contributed by atoms with van der Waals surface area (Å²) in [6, 6.07) is 2.21. The molecular formula is C11H12N2O2. The molecule has 3 rings (SSSR count). The lowest BCUT2D eigenvalue weighted by Gasteiger charge is -2.12. The molecule has 0 aliphatic carbocycles. The molecule has 1 N–H and O–H groups in total. The van der Waals surface area contributed by atoms with Crippen molar-refractivity contribution in [1.82, 2.24) is 9.88 Å². The Balaban J connectivity index is 2.03. The fourth-order valence-corrected chi connectivity index (χ4v) is 2.61. The van der Waals surface area contributed by atoms with Crippen LogP contribution in [-0.4, -0.2) is 27.5 Å². The van der Waals surface area contributed by atoms with Crippen molar-refractivity contribution in [1.29, 1.82) is 0 Å². The van der Waals surface area contributed by atoms with E-state index in [4.69, 9.17) is 5.11 Å². The van der Waals surface area contributed by atoms with E-state index in [2.05, 4.69) is 9.88 Å². The minimum Gasteiger partial charge on any atom is -0.478 e. The first-order valence-electron chi connectivity index (χ1n) is 5.22. The van der Waals surface area contributed by atoms with Gasteiger partial charge in [0.2, 0.25) is 0 Å². The average molecular weight is 204 g/mol. The van der Waals surface area contributed by atoms with Crippen LogP contribution in [0.3, 0.4) is 0 Å². The molecule has 1 atom stereocenters. The van der Waals surface area contributed by atoms with Crippen LogP contribution in [0.15, 0.2) is 12.3 Å². The number of hydrogen-bond acceptors (Lipinski definition) is 3. The number of aromatic carboxylic acids is 1. The molecule has 1 aromatic heterocycles. The van der Waals surface area contributed by atoms with Gasteiger partial charge in [0.1, 0.15) is 0 Å². The molecule has 78 valence electrons. The second kappa shape index (κ2) is 3.03. The van der Waals surface area contributed by atoms with Crippen LogP contribution in [0.2, 0.25) is 0 Å². The van der Waals surface area contributed by atoms with Crippen molar-refractivity contribution in [3.05, 3.63) is 29.1 Å². The van der Waals surface area contributed by atoms with E-state index in [0.29, 0.717) is 11.6 Å². The maximum atomic E-state index is 10.8. The number of hydrogen-bond donors (Lipinski definition) is 1. The van der Waals surface area contributed by atoms with Gasteiger partial charge in [-0.2, -0.15) is 0 Å². The van der Waals surface area contributed by atoms with Crippen molar-refractivity contribution in [2.75, 3.05) is 6.54 Å². The summed E-state index contributed by atoms with van der Waals surface area (Å²) in [5.41, 5.74) is 2.49. The van der Waals surface area contributed by atoms with Crippen LogP contribution in [0.1, 0.15) is 40.5 Å². The standard InChI is InChI=1S/C11H12N2O2/c14-11(15)7-4-8-6-13-3-1-2-9(13)10(8)12-5-7/h4-5,9H,1-3,6H2,(H,14,15). The zero-order valence-electron chi connectivity index (χ0n) is 8.31. The Hall–Kier alpha value is -1.42. The van der Waals surface area contributed by atoms with Crippen molar-refractivity contribution >= 4 is 5.97 Å². The highest BCUT2D eigenvalue weighted by atomic mass is 16.4. The number of nitrogens with zero attached hydrogens (tertiary/aromatic N) is 2. The normalized spacial score (nSPS) is 23.9. The van der Waals surface area contributed by atoms with Crippen molar-refractivity contribution in [3.8, 4) is 0 Å².